The molecule has 1 saturated carbocycles. The maximum absolute atomic E-state index is 6.00. The van der Waals surface area contributed by atoms with Crippen molar-refractivity contribution in [2.45, 2.75) is 32.0 Å². The molecule has 1 aromatic carbocycles. The van der Waals surface area contributed by atoms with Crippen molar-refractivity contribution in [2.75, 3.05) is 32.8 Å². The van der Waals surface area contributed by atoms with E-state index in [0.29, 0.717) is 19.4 Å². The number of hydrogen-bond acceptors (Lipinski definition) is 5. The number of anilines is 1. The summed E-state index contributed by atoms with van der Waals surface area (Å²) in [6.45, 7) is 3.47. The zero-order valence-electron chi connectivity index (χ0n) is 11.9. The predicted octanol–water partition coefficient (Wildman–Crippen LogP) is 1.75. The Hall–Kier alpha value is -1.30. The van der Waals surface area contributed by atoms with E-state index in [1.54, 1.807) is 7.11 Å². The van der Waals surface area contributed by atoms with E-state index in [9.17, 15) is 0 Å². The van der Waals surface area contributed by atoms with Gasteiger partial charge in [0.15, 0.2) is 6.79 Å². The van der Waals surface area contributed by atoms with Crippen molar-refractivity contribution in [1.29, 1.82) is 0 Å². The summed E-state index contributed by atoms with van der Waals surface area (Å²) in [7, 11) is 1.74. The molecular formula is C15H22N2O3. The van der Waals surface area contributed by atoms with Crippen molar-refractivity contribution in [3.05, 3.63) is 23.3 Å². The summed E-state index contributed by atoms with van der Waals surface area (Å²) in [5, 5.41) is 0. The molecule has 1 heterocycles. The Bertz CT molecular complexity index is 474. The normalized spacial score (nSPS) is 17.9. The summed E-state index contributed by atoms with van der Waals surface area (Å²) >= 11 is 0. The van der Waals surface area contributed by atoms with Crippen LogP contribution < -0.4 is 10.5 Å². The number of nitrogen functional groups attached to an aromatic ring is 1. The fourth-order valence-electron chi connectivity index (χ4n) is 2.70. The van der Waals surface area contributed by atoms with Crippen LogP contribution in [0.1, 0.15) is 24.0 Å². The van der Waals surface area contributed by atoms with Gasteiger partial charge in [-0.1, -0.05) is 0 Å². The first-order chi connectivity index (χ1) is 9.78. The number of nitrogens with zero attached hydrogens (tertiary/aromatic N) is 1. The maximum Gasteiger partial charge on any atom is 0.189 e. The van der Waals surface area contributed by atoms with Gasteiger partial charge in [-0.15, -0.1) is 0 Å². The lowest BCUT2D eigenvalue weighted by Gasteiger charge is -2.26. The molecule has 5 nitrogen and oxygen atoms in total. The minimum Gasteiger partial charge on any atom is -0.467 e. The third kappa shape index (κ3) is 3.06. The third-order valence-corrected chi connectivity index (χ3v) is 3.83. The Kier molecular flexibility index (Phi) is 4.10. The van der Waals surface area contributed by atoms with Gasteiger partial charge in [-0.3, -0.25) is 4.90 Å². The van der Waals surface area contributed by atoms with Crippen molar-refractivity contribution in [1.82, 2.24) is 4.90 Å². The highest BCUT2D eigenvalue weighted by Crippen LogP contribution is 2.34. The van der Waals surface area contributed by atoms with E-state index in [1.165, 1.54) is 12.8 Å². The molecule has 3 rings (SSSR count). The summed E-state index contributed by atoms with van der Waals surface area (Å²) in [5.74, 6) is 0.952. The molecular weight excluding hydrogens is 256 g/mol. The number of rotatable bonds is 6. The molecule has 110 valence electrons. The predicted molar refractivity (Wildman–Crippen MR) is 76.4 cm³/mol. The van der Waals surface area contributed by atoms with Crippen LogP contribution in [0.3, 0.4) is 0 Å². The lowest BCUT2D eigenvalue weighted by Crippen LogP contribution is -2.29. The van der Waals surface area contributed by atoms with E-state index < -0.39 is 0 Å². The van der Waals surface area contributed by atoms with Gasteiger partial charge < -0.3 is 19.9 Å². The molecule has 0 radical (unpaired) electrons. The highest BCUT2D eigenvalue weighted by Gasteiger charge is 2.30. The zero-order valence-corrected chi connectivity index (χ0v) is 11.9. The molecule has 2 aliphatic rings. The second-order valence-corrected chi connectivity index (χ2v) is 5.47. The van der Waals surface area contributed by atoms with Gasteiger partial charge >= 0.3 is 0 Å². The first kappa shape index (κ1) is 13.7. The summed E-state index contributed by atoms with van der Waals surface area (Å²) < 4.78 is 16.2. The number of ether oxygens (including phenoxy) is 3. The van der Waals surface area contributed by atoms with Crippen molar-refractivity contribution in [3.8, 4) is 5.75 Å². The molecule has 0 atom stereocenters. The van der Waals surface area contributed by atoms with Gasteiger partial charge in [-0.2, -0.15) is 0 Å². The standard InChI is InChI=1S/C15H22N2O3/c1-18-5-4-17(14-2-3-14)8-11-6-13(16)7-12-9-19-10-20-15(11)12/h6-7,14H,2-5,8-10,16H2,1H3. The van der Waals surface area contributed by atoms with Gasteiger partial charge in [0.25, 0.3) is 0 Å². The van der Waals surface area contributed by atoms with E-state index in [1.807, 2.05) is 12.1 Å². The number of hydrogen-bond donors (Lipinski definition) is 1. The number of methoxy groups -OCH3 is 1. The molecule has 1 aromatic rings. The van der Waals surface area contributed by atoms with E-state index in [4.69, 9.17) is 19.9 Å². The minimum atomic E-state index is 0.325. The Morgan fingerprint density at radius 3 is 3.00 bits per heavy atom. The molecule has 1 aliphatic carbocycles. The first-order valence-corrected chi connectivity index (χ1v) is 7.12. The van der Waals surface area contributed by atoms with Crippen LogP contribution in [-0.2, 0) is 22.6 Å². The average molecular weight is 278 g/mol. The number of benzene rings is 1. The maximum atomic E-state index is 6.00. The van der Waals surface area contributed by atoms with Crippen molar-refractivity contribution in [3.63, 3.8) is 0 Å². The zero-order chi connectivity index (χ0) is 13.9. The lowest BCUT2D eigenvalue weighted by molar-refractivity contribution is -0.0175. The summed E-state index contributed by atoms with van der Waals surface area (Å²) in [5.41, 5.74) is 8.98. The molecule has 5 heteroatoms. The van der Waals surface area contributed by atoms with Gasteiger partial charge in [0.05, 0.1) is 13.2 Å². The second kappa shape index (κ2) is 5.99. The van der Waals surface area contributed by atoms with Crippen LogP contribution in [0.25, 0.3) is 0 Å². The molecule has 0 bridgehead atoms. The number of fused-ring (bicyclic) bond motifs is 1. The molecule has 0 saturated heterocycles. The van der Waals surface area contributed by atoms with Crippen LogP contribution in [-0.4, -0.2) is 38.0 Å². The lowest BCUT2D eigenvalue weighted by atomic mass is 10.1. The van der Waals surface area contributed by atoms with Crippen LogP contribution in [0.2, 0.25) is 0 Å². The highest BCUT2D eigenvalue weighted by molar-refractivity contribution is 5.53. The summed E-state index contributed by atoms with van der Waals surface area (Å²) in [4.78, 5) is 2.46. The largest absolute Gasteiger partial charge is 0.467 e. The molecule has 0 aromatic heterocycles. The topological polar surface area (TPSA) is 57.0 Å². The van der Waals surface area contributed by atoms with E-state index in [0.717, 1.165) is 42.3 Å². The minimum absolute atomic E-state index is 0.325. The number of nitrogens with two attached hydrogens (primary N) is 1. The van der Waals surface area contributed by atoms with Gasteiger partial charge in [0, 0.05) is 43.1 Å². The van der Waals surface area contributed by atoms with Crippen LogP contribution in [0.15, 0.2) is 12.1 Å². The smallest absolute Gasteiger partial charge is 0.189 e. The van der Waals surface area contributed by atoms with E-state index in [2.05, 4.69) is 4.90 Å². The van der Waals surface area contributed by atoms with Crippen molar-refractivity contribution in [2.24, 2.45) is 0 Å². The second-order valence-electron chi connectivity index (χ2n) is 5.47. The molecule has 20 heavy (non-hydrogen) atoms. The van der Waals surface area contributed by atoms with Crippen LogP contribution in [0.4, 0.5) is 5.69 Å². The molecule has 0 spiro atoms. The van der Waals surface area contributed by atoms with Gasteiger partial charge in [-0.05, 0) is 25.0 Å². The Morgan fingerprint density at radius 1 is 1.40 bits per heavy atom. The van der Waals surface area contributed by atoms with Gasteiger partial charge in [0.2, 0.25) is 0 Å². The van der Waals surface area contributed by atoms with Gasteiger partial charge in [0.1, 0.15) is 5.75 Å². The average Bonchev–Trinajstić information content (AvgIpc) is 3.27. The Balaban J connectivity index is 1.79. The third-order valence-electron chi connectivity index (χ3n) is 3.83. The monoisotopic (exact) mass is 278 g/mol. The first-order valence-electron chi connectivity index (χ1n) is 7.12. The van der Waals surface area contributed by atoms with E-state index >= 15 is 0 Å². The van der Waals surface area contributed by atoms with Crippen molar-refractivity contribution < 1.29 is 14.2 Å². The summed E-state index contributed by atoms with van der Waals surface area (Å²) in [6.07, 6.45) is 2.55. The fraction of sp³-hybridized carbons (Fsp3) is 0.600. The molecule has 1 aliphatic heterocycles. The van der Waals surface area contributed by atoms with Crippen LogP contribution in [0, 0.1) is 0 Å². The molecule has 2 N–H and O–H groups in total. The molecule has 0 amide bonds. The fourth-order valence-corrected chi connectivity index (χ4v) is 2.70. The van der Waals surface area contributed by atoms with Crippen LogP contribution >= 0.6 is 0 Å². The quantitative estimate of drug-likeness (QED) is 0.803. The molecule has 1 fully saturated rings. The van der Waals surface area contributed by atoms with Crippen molar-refractivity contribution >= 4 is 5.69 Å². The SMILES string of the molecule is COCCN(Cc1cc(N)cc2c1OCOC2)C1CC1. The van der Waals surface area contributed by atoms with Crippen LogP contribution in [0.5, 0.6) is 5.75 Å². The van der Waals surface area contributed by atoms with E-state index in [-0.39, 0.29) is 0 Å². The summed E-state index contributed by atoms with van der Waals surface area (Å²) in [6, 6.07) is 4.64. The highest BCUT2D eigenvalue weighted by atomic mass is 16.7. The Labute approximate surface area is 119 Å². The molecule has 0 unspecified atom stereocenters. The van der Waals surface area contributed by atoms with Gasteiger partial charge in [-0.25, -0.2) is 0 Å². The Morgan fingerprint density at radius 2 is 2.25 bits per heavy atom.